The number of nitrogens with zero attached hydrogens (tertiary/aromatic N) is 2. The molecule has 0 aliphatic rings. The Labute approximate surface area is 79.5 Å². The zero-order chi connectivity index (χ0) is 10.7. The van der Waals surface area contributed by atoms with E-state index in [4.69, 9.17) is 5.26 Å². The van der Waals surface area contributed by atoms with Crippen LogP contribution >= 0.6 is 0 Å². The van der Waals surface area contributed by atoms with E-state index in [1.807, 2.05) is 0 Å². The molecule has 1 N–H and O–H groups in total. The van der Waals surface area contributed by atoms with Crippen molar-refractivity contribution in [2.75, 3.05) is 13.6 Å². The molecule has 0 radical (unpaired) electrons. The quantitative estimate of drug-likeness (QED) is 0.663. The van der Waals surface area contributed by atoms with Gasteiger partial charge in [-0.25, -0.2) is 0 Å². The minimum atomic E-state index is -3.52. The number of hydrogen-bond acceptors (Lipinski definition) is 3. The maximum Gasteiger partial charge on any atom is 0.280 e. The monoisotopic (exact) mass is 205 g/mol. The molecule has 0 saturated heterocycles. The Bertz CT molecular complexity index is 297. The minimum absolute atomic E-state index is 0.147. The highest BCUT2D eigenvalue weighted by Crippen LogP contribution is 2.04. The molecule has 0 atom stereocenters. The molecular formula is C7H15N3O2S. The van der Waals surface area contributed by atoms with Crippen LogP contribution in [0.1, 0.15) is 20.8 Å². The Balaban J connectivity index is 4.53. The number of rotatable bonds is 3. The van der Waals surface area contributed by atoms with E-state index in [0.717, 1.165) is 4.31 Å². The number of nitriles is 1. The van der Waals surface area contributed by atoms with E-state index in [2.05, 4.69) is 4.72 Å². The summed E-state index contributed by atoms with van der Waals surface area (Å²) in [5.74, 6) is 0. The van der Waals surface area contributed by atoms with Gasteiger partial charge in [0, 0.05) is 12.6 Å². The second-order valence-electron chi connectivity index (χ2n) is 3.77. The summed E-state index contributed by atoms with van der Waals surface area (Å²) in [6, 6.07) is 1.77. The van der Waals surface area contributed by atoms with Crippen molar-refractivity contribution in [1.29, 1.82) is 5.26 Å². The molecule has 0 spiro atoms. The van der Waals surface area contributed by atoms with Gasteiger partial charge in [-0.1, -0.05) is 0 Å². The summed E-state index contributed by atoms with van der Waals surface area (Å²) >= 11 is 0. The van der Waals surface area contributed by atoms with Crippen LogP contribution in [0.15, 0.2) is 0 Å². The second kappa shape index (κ2) is 4.05. The lowest BCUT2D eigenvalue weighted by Gasteiger charge is -2.23. The second-order valence-corrected chi connectivity index (χ2v) is 5.55. The molecule has 0 aromatic heterocycles. The molecule has 6 heteroatoms. The predicted molar refractivity (Wildman–Crippen MR) is 50.1 cm³/mol. The third kappa shape index (κ3) is 4.83. The van der Waals surface area contributed by atoms with E-state index in [0.29, 0.717) is 0 Å². The predicted octanol–water partition coefficient (Wildman–Crippen LogP) is 0.0747. The molecule has 0 rings (SSSR count). The molecule has 0 aromatic rings. The molecule has 0 aliphatic heterocycles. The normalized spacial score (nSPS) is 12.9. The van der Waals surface area contributed by atoms with Gasteiger partial charge in [0.2, 0.25) is 0 Å². The van der Waals surface area contributed by atoms with Gasteiger partial charge < -0.3 is 0 Å². The van der Waals surface area contributed by atoms with E-state index < -0.39 is 15.7 Å². The third-order valence-corrected chi connectivity index (χ3v) is 2.96. The summed E-state index contributed by atoms with van der Waals surface area (Å²) in [5.41, 5.74) is -0.525. The van der Waals surface area contributed by atoms with E-state index in [1.54, 1.807) is 26.8 Å². The molecular weight excluding hydrogens is 190 g/mol. The highest BCUT2D eigenvalue weighted by Gasteiger charge is 2.23. The molecule has 0 unspecified atom stereocenters. The molecule has 13 heavy (non-hydrogen) atoms. The van der Waals surface area contributed by atoms with Crippen molar-refractivity contribution in [3.05, 3.63) is 0 Å². The van der Waals surface area contributed by atoms with Gasteiger partial charge in [0.1, 0.15) is 6.54 Å². The Kier molecular flexibility index (Phi) is 3.85. The maximum atomic E-state index is 11.4. The molecule has 0 fully saturated rings. The van der Waals surface area contributed by atoms with Crippen molar-refractivity contribution in [3.63, 3.8) is 0 Å². The van der Waals surface area contributed by atoms with Crippen LogP contribution in [-0.2, 0) is 10.2 Å². The van der Waals surface area contributed by atoms with E-state index in [1.165, 1.54) is 7.05 Å². The Morgan fingerprint density at radius 3 is 2.23 bits per heavy atom. The van der Waals surface area contributed by atoms with Crippen LogP contribution in [0.5, 0.6) is 0 Å². The topological polar surface area (TPSA) is 73.2 Å². The van der Waals surface area contributed by atoms with Crippen molar-refractivity contribution >= 4 is 10.2 Å². The van der Waals surface area contributed by atoms with Gasteiger partial charge in [-0.15, -0.1) is 0 Å². The van der Waals surface area contributed by atoms with Gasteiger partial charge in [0.05, 0.1) is 6.07 Å². The first-order valence-electron chi connectivity index (χ1n) is 3.81. The van der Waals surface area contributed by atoms with Crippen LogP contribution in [0.4, 0.5) is 0 Å². The maximum absolute atomic E-state index is 11.4. The van der Waals surface area contributed by atoms with Crippen LogP contribution in [-0.4, -0.2) is 31.9 Å². The summed E-state index contributed by atoms with van der Waals surface area (Å²) in [7, 11) is -2.16. The number of nitrogens with one attached hydrogen (secondary N) is 1. The largest absolute Gasteiger partial charge is 0.280 e. The smallest absolute Gasteiger partial charge is 0.197 e. The molecule has 0 heterocycles. The van der Waals surface area contributed by atoms with Gasteiger partial charge in [0.15, 0.2) is 0 Å². The van der Waals surface area contributed by atoms with Crippen LogP contribution < -0.4 is 4.72 Å². The first-order chi connectivity index (χ1) is 5.69. The van der Waals surface area contributed by atoms with E-state index in [-0.39, 0.29) is 6.54 Å². The highest BCUT2D eigenvalue weighted by molar-refractivity contribution is 7.87. The first-order valence-corrected chi connectivity index (χ1v) is 5.25. The van der Waals surface area contributed by atoms with E-state index >= 15 is 0 Å². The summed E-state index contributed by atoms with van der Waals surface area (Å²) in [4.78, 5) is 0. The zero-order valence-corrected chi connectivity index (χ0v) is 9.14. The summed E-state index contributed by atoms with van der Waals surface area (Å²) in [5, 5.41) is 8.31. The summed E-state index contributed by atoms with van der Waals surface area (Å²) in [6.07, 6.45) is 0. The van der Waals surface area contributed by atoms with Crippen molar-refractivity contribution in [3.8, 4) is 6.07 Å². The van der Waals surface area contributed by atoms with Crippen LogP contribution in [0, 0.1) is 11.3 Å². The standard InChI is InChI=1S/C7H15N3O2S/c1-7(2,3)9-13(11,12)10(4)6-5-8/h9H,6H2,1-4H3. The van der Waals surface area contributed by atoms with Crippen molar-refractivity contribution in [1.82, 2.24) is 9.03 Å². The lowest BCUT2D eigenvalue weighted by Crippen LogP contribution is -2.47. The molecule has 0 aliphatic carbocycles. The lowest BCUT2D eigenvalue weighted by molar-refractivity contribution is 0.441. The fourth-order valence-electron chi connectivity index (χ4n) is 0.649. The van der Waals surface area contributed by atoms with Crippen LogP contribution in [0.3, 0.4) is 0 Å². The highest BCUT2D eigenvalue weighted by atomic mass is 32.2. The molecule has 0 bridgehead atoms. The van der Waals surface area contributed by atoms with Gasteiger partial charge in [-0.2, -0.15) is 22.7 Å². The van der Waals surface area contributed by atoms with Crippen LogP contribution in [0.25, 0.3) is 0 Å². The average molecular weight is 205 g/mol. The summed E-state index contributed by atoms with van der Waals surface area (Å²) < 4.78 is 26.2. The Morgan fingerprint density at radius 1 is 1.46 bits per heavy atom. The van der Waals surface area contributed by atoms with E-state index in [9.17, 15) is 8.42 Å². The van der Waals surface area contributed by atoms with Gasteiger partial charge in [-0.3, -0.25) is 0 Å². The molecule has 76 valence electrons. The molecule has 0 aromatic carbocycles. The van der Waals surface area contributed by atoms with Crippen LogP contribution in [0.2, 0.25) is 0 Å². The van der Waals surface area contributed by atoms with Gasteiger partial charge in [-0.05, 0) is 20.8 Å². The lowest BCUT2D eigenvalue weighted by atomic mass is 10.1. The number of hydrogen-bond donors (Lipinski definition) is 1. The van der Waals surface area contributed by atoms with Crippen molar-refractivity contribution < 1.29 is 8.42 Å². The average Bonchev–Trinajstić information content (AvgIpc) is 1.82. The van der Waals surface area contributed by atoms with Gasteiger partial charge in [0.25, 0.3) is 10.2 Å². The first kappa shape index (κ1) is 12.4. The molecule has 0 amide bonds. The van der Waals surface area contributed by atoms with Gasteiger partial charge >= 0.3 is 0 Å². The SMILES string of the molecule is CN(CC#N)S(=O)(=O)NC(C)(C)C. The fraction of sp³-hybridized carbons (Fsp3) is 0.857. The fourth-order valence-corrected chi connectivity index (χ4v) is 1.81. The Morgan fingerprint density at radius 2 is 1.92 bits per heavy atom. The molecule has 0 saturated carbocycles. The molecule has 5 nitrogen and oxygen atoms in total. The Hall–Kier alpha value is -0.640. The van der Waals surface area contributed by atoms with Crippen molar-refractivity contribution in [2.24, 2.45) is 0 Å². The zero-order valence-electron chi connectivity index (χ0n) is 8.33. The minimum Gasteiger partial charge on any atom is -0.197 e. The van der Waals surface area contributed by atoms with Crippen molar-refractivity contribution in [2.45, 2.75) is 26.3 Å². The summed E-state index contributed by atoms with van der Waals surface area (Å²) in [6.45, 7) is 5.08. The third-order valence-electron chi connectivity index (χ3n) is 1.14.